The normalized spacial score (nSPS) is 15.2. The van der Waals surface area contributed by atoms with Crippen LogP contribution in [-0.2, 0) is 16.4 Å². The van der Waals surface area contributed by atoms with E-state index in [0.29, 0.717) is 5.69 Å². The van der Waals surface area contributed by atoms with E-state index in [1.54, 1.807) is 36.4 Å². The highest BCUT2D eigenvalue weighted by atomic mass is 32.2. The molecular formula is C22H29N3O4S. The van der Waals surface area contributed by atoms with Crippen LogP contribution in [0.2, 0.25) is 0 Å². The van der Waals surface area contributed by atoms with Crippen molar-refractivity contribution < 1.29 is 18.3 Å². The molecule has 8 heteroatoms. The van der Waals surface area contributed by atoms with Crippen LogP contribution in [0.4, 0.5) is 11.4 Å². The SMILES string of the molecule is CCCN1CCN(c2ccc(NS(=O)(=O)c3ccc(CC)cc3)cc2C(=O)O)CC1. The molecular weight excluding hydrogens is 402 g/mol. The van der Waals surface area contributed by atoms with E-state index in [4.69, 9.17) is 0 Å². The van der Waals surface area contributed by atoms with Gasteiger partial charge >= 0.3 is 5.97 Å². The van der Waals surface area contributed by atoms with E-state index in [1.807, 2.05) is 6.92 Å². The molecule has 162 valence electrons. The number of piperazine rings is 1. The Hall–Kier alpha value is -2.58. The van der Waals surface area contributed by atoms with E-state index in [-0.39, 0.29) is 16.1 Å². The van der Waals surface area contributed by atoms with Crippen molar-refractivity contribution in [2.75, 3.05) is 42.3 Å². The van der Waals surface area contributed by atoms with Gasteiger partial charge in [0.25, 0.3) is 10.0 Å². The molecule has 1 aliphatic heterocycles. The Morgan fingerprint density at radius 2 is 1.70 bits per heavy atom. The standard InChI is InChI=1S/C22H29N3O4S/c1-3-11-24-12-14-25(15-13-24)21-10-7-18(16-20(21)22(26)27)23-30(28,29)19-8-5-17(4-2)6-9-19/h5-10,16,23H,3-4,11-15H2,1-2H3,(H,26,27). The first kappa shape index (κ1) is 22.1. The predicted octanol–water partition coefficient (Wildman–Crippen LogP) is 3.28. The fourth-order valence-corrected chi connectivity index (χ4v) is 4.74. The third kappa shape index (κ3) is 5.12. The van der Waals surface area contributed by atoms with Crippen molar-refractivity contribution in [1.82, 2.24) is 4.90 Å². The molecule has 0 bridgehead atoms. The molecule has 1 aliphatic rings. The first-order valence-corrected chi connectivity index (χ1v) is 11.8. The molecule has 2 N–H and O–H groups in total. The number of anilines is 2. The summed E-state index contributed by atoms with van der Waals surface area (Å²) in [5.74, 6) is -1.07. The number of carboxylic acids is 1. The number of benzene rings is 2. The summed E-state index contributed by atoms with van der Waals surface area (Å²) in [6.45, 7) is 8.45. The van der Waals surface area contributed by atoms with Crippen LogP contribution in [-0.4, -0.2) is 57.1 Å². The molecule has 1 fully saturated rings. The van der Waals surface area contributed by atoms with Crippen molar-refractivity contribution in [2.24, 2.45) is 0 Å². The van der Waals surface area contributed by atoms with Gasteiger partial charge in [-0.1, -0.05) is 26.0 Å². The minimum atomic E-state index is -3.80. The van der Waals surface area contributed by atoms with Crippen LogP contribution in [0.3, 0.4) is 0 Å². The summed E-state index contributed by atoms with van der Waals surface area (Å²) in [6, 6.07) is 11.4. The summed E-state index contributed by atoms with van der Waals surface area (Å²) >= 11 is 0. The summed E-state index contributed by atoms with van der Waals surface area (Å²) in [7, 11) is -3.80. The van der Waals surface area contributed by atoms with Gasteiger partial charge in [0, 0.05) is 31.9 Å². The lowest BCUT2D eigenvalue weighted by atomic mass is 10.1. The Morgan fingerprint density at radius 1 is 1.03 bits per heavy atom. The second kappa shape index (κ2) is 9.49. The van der Waals surface area contributed by atoms with Gasteiger partial charge in [-0.2, -0.15) is 0 Å². The zero-order valence-electron chi connectivity index (χ0n) is 17.5. The largest absolute Gasteiger partial charge is 0.478 e. The summed E-state index contributed by atoms with van der Waals surface area (Å²) in [5, 5.41) is 9.72. The first-order chi connectivity index (χ1) is 14.3. The van der Waals surface area contributed by atoms with E-state index in [0.717, 1.165) is 51.1 Å². The van der Waals surface area contributed by atoms with E-state index in [1.165, 1.54) is 6.07 Å². The lowest BCUT2D eigenvalue weighted by Gasteiger charge is -2.36. The minimum Gasteiger partial charge on any atom is -0.478 e. The highest BCUT2D eigenvalue weighted by molar-refractivity contribution is 7.92. The van der Waals surface area contributed by atoms with E-state index < -0.39 is 16.0 Å². The average molecular weight is 432 g/mol. The van der Waals surface area contributed by atoms with Crippen LogP contribution in [0.25, 0.3) is 0 Å². The predicted molar refractivity (Wildman–Crippen MR) is 119 cm³/mol. The molecule has 0 amide bonds. The Balaban J connectivity index is 1.80. The Morgan fingerprint density at radius 3 is 2.27 bits per heavy atom. The molecule has 0 aliphatic carbocycles. The average Bonchev–Trinajstić information content (AvgIpc) is 2.74. The third-order valence-corrected chi connectivity index (χ3v) is 6.77. The quantitative estimate of drug-likeness (QED) is 0.667. The van der Waals surface area contributed by atoms with E-state index in [9.17, 15) is 18.3 Å². The van der Waals surface area contributed by atoms with Gasteiger partial charge in [0.2, 0.25) is 0 Å². The molecule has 0 saturated carbocycles. The van der Waals surface area contributed by atoms with Crippen LogP contribution < -0.4 is 9.62 Å². The van der Waals surface area contributed by atoms with Crippen molar-refractivity contribution >= 4 is 27.4 Å². The second-order valence-electron chi connectivity index (χ2n) is 7.47. The Bertz CT molecular complexity index is 982. The highest BCUT2D eigenvalue weighted by Crippen LogP contribution is 2.27. The van der Waals surface area contributed by atoms with Crippen molar-refractivity contribution in [3.05, 3.63) is 53.6 Å². The summed E-state index contributed by atoms with van der Waals surface area (Å²) in [4.78, 5) is 16.4. The van der Waals surface area contributed by atoms with Crippen molar-refractivity contribution in [1.29, 1.82) is 0 Å². The Labute approximate surface area is 178 Å². The second-order valence-corrected chi connectivity index (χ2v) is 9.15. The number of rotatable bonds is 8. The molecule has 1 saturated heterocycles. The van der Waals surface area contributed by atoms with Crippen LogP contribution in [0.15, 0.2) is 47.4 Å². The van der Waals surface area contributed by atoms with Crippen molar-refractivity contribution in [3.8, 4) is 0 Å². The molecule has 0 radical (unpaired) electrons. The lowest BCUT2D eigenvalue weighted by Crippen LogP contribution is -2.47. The maximum Gasteiger partial charge on any atom is 0.337 e. The zero-order chi connectivity index (χ0) is 21.7. The molecule has 0 aromatic heterocycles. The molecule has 0 atom stereocenters. The fourth-order valence-electron chi connectivity index (χ4n) is 3.69. The molecule has 1 heterocycles. The summed E-state index contributed by atoms with van der Waals surface area (Å²) < 4.78 is 27.9. The van der Waals surface area contributed by atoms with Gasteiger partial charge in [-0.15, -0.1) is 0 Å². The Kier molecular flexibility index (Phi) is 6.99. The van der Waals surface area contributed by atoms with Crippen LogP contribution in [0, 0.1) is 0 Å². The number of carbonyl (C=O) groups is 1. The number of nitrogens with one attached hydrogen (secondary N) is 1. The van der Waals surface area contributed by atoms with Gasteiger partial charge < -0.3 is 10.0 Å². The number of nitrogens with zero attached hydrogens (tertiary/aromatic N) is 2. The molecule has 0 unspecified atom stereocenters. The number of hydrogen-bond acceptors (Lipinski definition) is 5. The lowest BCUT2D eigenvalue weighted by molar-refractivity contribution is 0.0697. The van der Waals surface area contributed by atoms with Gasteiger partial charge in [-0.3, -0.25) is 9.62 Å². The summed E-state index contributed by atoms with van der Waals surface area (Å²) in [5.41, 5.74) is 2.00. The number of sulfonamides is 1. The van der Waals surface area contributed by atoms with Crippen LogP contribution in [0.1, 0.15) is 36.2 Å². The topological polar surface area (TPSA) is 90.0 Å². The van der Waals surface area contributed by atoms with Crippen molar-refractivity contribution in [3.63, 3.8) is 0 Å². The maximum atomic E-state index is 12.7. The third-order valence-electron chi connectivity index (χ3n) is 5.37. The molecule has 2 aromatic carbocycles. The minimum absolute atomic E-state index is 0.0977. The number of aryl methyl sites for hydroxylation is 1. The fraction of sp³-hybridized carbons (Fsp3) is 0.409. The molecule has 30 heavy (non-hydrogen) atoms. The van der Waals surface area contributed by atoms with Crippen LogP contribution >= 0.6 is 0 Å². The van der Waals surface area contributed by atoms with E-state index >= 15 is 0 Å². The molecule has 3 rings (SSSR count). The highest BCUT2D eigenvalue weighted by Gasteiger charge is 2.22. The molecule has 7 nitrogen and oxygen atoms in total. The summed E-state index contributed by atoms with van der Waals surface area (Å²) in [6.07, 6.45) is 1.92. The van der Waals surface area contributed by atoms with Gasteiger partial charge in [0.15, 0.2) is 0 Å². The number of aromatic carboxylic acids is 1. The van der Waals surface area contributed by atoms with Gasteiger partial charge in [-0.05, 0) is 55.3 Å². The monoisotopic (exact) mass is 431 g/mol. The molecule has 2 aromatic rings. The smallest absolute Gasteiger partial charge is 0.337 e. The van der Waals surface area contributed by atoms with E-state index in [2.05, 4.69) is 21.4 Å². The van der Waals surface area contributed by atoms with Gasteiger partial charge in [-0.25, -0.2) is 13.2 Å². The number of hydrogen-bond donors (Lipinski definition) is 2. The number of carboxylic acid groups (broad SMARTS) is 1. The van der Waals surface area contributed by atoms with Gasteiger partial charge in [0.05, 0.1) is 16.1 Å². The molecule has 0 spiro atoms. The zero-order valence-corrected chi connectivity index (χ0v) is 18.3. The van der Waals surface area contributed by atoms with Crippen LogP contribution in [0.5, 0.6) is 0 Å². The first-order valence-electron chi connectivity index (χ1n) is 10.3. The van der Waals surface area contributed by atoms with Gasteiger partial charge in [0.1, 0.15) is 0 Å². The maximum absolute atomic E-state index is 12.7. The van der Waals surface area contributed by atoms with Crippen molar-refractivity contribution in [2.45, 2.75) is 31.6 Å².